The van der Waals surface area contributed by atoms with Crippen molar-refractivity contribution in [2.24, 2.45) is 0 Å². The van der Waals surface area contributed by atoms with Gasteiger partial charge >= 0.3 is 0 Å². The second kappa shape index (κ2) is 7.02. The van der Waals surface area contributed by atoms with E-state index in [9.17, 15) is 4.79 Å². The molecular weight excluding hydrogens is 268 g/mol. The predicted octanol–water partition coefficient (Wildman–Crippen LogP) is 3.19. The average Bonchev–Trinajstić information content (AvgIpc) is 2.87. The lowest BCUT2D eigenvalue weighted by molar-refractivity contribution is -0.132. The number of carbonyl (C=O) groups is 1. The summed E-state index contributed by atoms with van der Waals surface area (Å²) < 4.78 is 0. The molecule has 3 nitrogen and oxygen atoms in total. The lowest BCUT2D eigenvalue weighted by Gasteiger charge is -2.26. The van der Waals surface area contributed by atoms with Crippen molar-refractivity contribution in [3.8, 4) is 0 Å². The zero-order valence-electron chi connectivity index (χ0n) is 12.6. The fourth-order valence-electron chi connectivity index (χ4n) is 2.62. The second-order valence-electron chi connectivity index (χ2n) is 5.50. The number of nitrogens with one attached hydrogen (secondary N) is 1. The lowest BCUT2D eigenvalue weighted by atomic mass is 9.97. The highest BCUT2D eigenvalue weighted by Crippen LogP contribution is 2.33. The van der Waals surface area contributed by atoms with Gasteiger partial charge in [0.25, 0.3) is 0 Å². The van der Waals surface area contributed by atoms with Crippen LogP contribution in [0.25, 0.3) is 0 Å². The summed E-state index contributed by atoms with van der Waals surface area (Å²) in [5.41, 5.74) is 2.47. The maximum absolute atomic E-state index is 12.4. The molecule has 20 heavy (non-hydrogen) atoms. The Morgan fingerprint density at radius 1 is 1.50 bits per heavy atom. The molecule has 0 fully saturated rings. The highest BCUT2D eigenvalue weighted by atomic mass is 32.2. The van der Waals surface area contributed by atoms with E-state index in [2.05, 4.69) is 30.6 Å². The number of para-hydroxylation sites is 1. The first-order valence-electron chi connectivity index (χ1n) is 7.21. The number of amides is 1. The standard InChI is InChI=1S/C16H24N2OS/c1-12(8-9-20-3)18(2)16(19)10-13-11-17-15-7-5-4-6-14(13)15/h4-7,12-13,17H,8-11H2,1-3H3. The minimum Gasteiger partial charge on any atom is -0.384 e. The quantitative estimate of drug-likeness (QED) is 0.874. The summed E-state index contributed by atoms with van der Waals surface area (Å²) in [5.74, 6) is 1.67. The molecule has 1 aromatic rings. The fraction of sp³-hybridized carbons (Fsp3) is 0.562. The third-order valence-corrected chi connectivity index (χ3v) is 4.80. The van der Waals surface area contributed by atoms with E-state index < -0.39 is 0 Å². The molecule has 2 atom stereocenters. The Kier molecular flexibility index (Phi) is 5.35. The van der Waals surface area contributed by atoms with Crippen molar-refractivity contribution in [3.63, 3.8) is 0 Å². The molecule has 1 N–H and O–H groups in total. The van der Waals surface area contributed by atoms with Gasteiger partial charge in [-0.2, -0.15) is 11.8 Å². The van der Waals surface area contributed by atoms with Crippen LogP contribution in [0.4, 0.5) is 5.69 Å². The van der Waals surface area contributed by atoms with Gasteiger partial charge in [0, 0.05) is 37.7 Å². The van der Waals surface area contributed by atoms with Crippen LogP contribution in [0.1, 0.15) is 31.2 Å². The summed E-state index contributed by atoms with van der Waals surface area (Å²) in [4.78, 5) is 14.3. The van der Waals surface area contributed by atoms with Crippen molar-refractivity contribution < 1.29 is 4.79 Å². The number of benzene rings is 1. The van der Waals surface area contributed by atoms with Crippen LogP contribution < -0.4 is 5.32 Å². The minimum atomic E-state index is 0.252. The van der Waals surface area contributed by atoms with E-state index in [-0.39, 0.29) is 5.91 Å². The van der Waals surface area contributed by atoms with Gasteiger partial charge in [-0.05, 0) is 37.0 Å². The molecule has 2 unspecified atom stereocenters. The zero-order valence-corrected chi connectivity index (χ0v) is 13.4. The Bertz CT molecular complexity index is 464. The number of thioether (sulfide) groups is 1. The molecule has 1 aromatic carbocycles. The first kappa shape index (κ1) is 15.2. The Labute approximate surface area is 126 Å². The predicted molar refractivity (Wildman–Crippen MR) is 87.5 cm³/mol. The van der Waals surface area contributed by atoms with Gasteiger partial charge < -0.3 is 10.2 Å². The molecule has 1 amide bonds. The molecule has 1 aliphatic rings. The molecule has 1 heterocycles. The number of hydrogen-bond acceptors (Lipinski definition) is 3. The van der Waals surface area contributed by atoms with Gasteiger partial charge in [0.1, 0.15) is 0 Å². The number of carbonyl (C=O) groups excluding carboxylic acids is 1. The first-order valence-corrected chi connectivity index (χ1v) is 8.60. The first-order chi connectivity index (χ1) is 9.63. The number of hydrogen-bond donors (Lipinski definition) is 1. The smallest absolute Gasteiger partial charge is 0.223 e. The Balaban J connectivity index is 1.92. The summed E-state index contributed by atoms with van der Waals surface area (Å²) >= 11 is 1.83. The number of rotatable bonds is 6. The summed E-state index contributed by atoms with van der Waals surface area (Å²) in [5, 5.41) is 3.38. The molecule has 0 saturated carbocycles. The Morgan fingerprint density at radius 2 is 2.25 bits per heavy atom. The maximum atomic E-state index is 12.4. The van der Waals surface area contributed by atoms with Crippen molar-refractivity contribution in [1.29, 1.82) is 0 Å². The Morgan fingerprint density at radius 3 is 3.00 bits per heavy atom. The van der Waals surface area contributed by atoms with Crippen LogP contribution >= 0.6 is 11.8 Å². The second-order valence-corrected chi connectivity index (χ2v) is 6.49. The largest absolute Gasteiger partial charge is 0.384 e. The van der Waals surface area contributed by atoms with Gasteiger partial charge in [-0.3, -0.25) is 4.79 Å². The van der Waals surface area contributed by atoms with Crippen molar-refractivity contribution in [1.82, 2.24) is 4.90 Å². The van der Waals surface area contributed by atoms with Crippen molar-refractivity contribution in [2.75, 3.05) is 30.9 Å². The molecule has 2 rings (SSSR count). The van der Waals surface area contributed by atoms with Crippen LogP contribution in [0.2, 0.25) is 0 Å². The Hall–Kier alpha value is -1.16. The van der Waals surface area contributed by atoms with Gasteiger partial charge in [-0.25, -0.2) is 0 Å². The van der Waals surface area contributed by atoms with Crippen LogP contribution in [0, 0.1) is 0 Å². The van der Waals surface area contributed by atoms with Crippen LogP contribution in [-0.4, -0.2) is 42.4 Å². The van der Waals surface area contributed by atoms with Crippen molar-refractivity contribution in [3.05, 3.63) is 29.8 Å². The molecule has 0 spiro atoms. The molecule has 0 aromatic heterocycles. The van der Waals surface area contributed by atoms with E-state index in [1.807, 2.05) is 35.8 Å². The molecule has 4 heteroatoms. The van der Waals surface area contributed by atoms with Crippen LogP contribution in [0.15, 0.2) is 24.3 Å². The third kappa shape index (κ3) is 3.48. The van der Waals surface area contributed by atoms with E-state index in [0.717, 1.165) is 18.7 Å². The normalized spacial score (nSPS) is 18.2. The van der Waals surface area contributed by atoms with E-state index in [1.165, 1.54) is 11.3 Å². The van der Waals surface area contributed by atoms with Gasteiger partial charge in [-0.15, -0.1) is 0 Å². The monoisotopic (exact) mass is 292 g/mol. The fourth-order valence-corrected chi connectivity index (χ4v) is 3.20. The molecule has 0 radical (unpaired) electrons. The molecule has 0 saturated heterocycles. The van der Waals surface area contributed by atoms with E-state index in [1.54, 1.807) is 0 Å². The number of anilines is 1. The van der Waals surface area contributed by atoms with E-state index in [4.69, 9.17) is 0 Å². The molecule has 0 aliphatic carbocycles. The number of nitrogens with zero attached hydrogens (tertiary/aromatic N) is 1. The molecule has 0 bridgehead atoms. The summed E-state index contributed by atoms with van der Waals surface area (Å²) in [7, 11) is 1.93. The van der Waals surface area contributed by atoms with E-state index >= 15 is 0 Å². The number of fused-ring (bicyclic) bond motifs is 1. The highest BCUT2D eigenvalue weighted by molar-refractivity contribution is 7.98. The third-order valence-electron chi connectivity index (χ3n) is 4.15. The topological polar surface area (TPSA) is 32.3 Å². The molecule has 1 aliphatic heterocycles. The minimum absolute atomic E-state index is 0.252. The van der Waals surface area contributed by atoms with Crippen LogP contribution in [0.5, 0.6) is 0 Å². The van der Waals surface area contributed by atoms with Gasteiger partial charge in [0.05, 0.1) is 0 Å². The highest BCUT2D eigenvalue weighted by Gasteiger charge is 2.26. The van der Waals surface area contributed by atoms with Gasteiger partial charge in [0.2, 0.25) is 5.91 Å². The summed E-state index contributed by atoms with van der Waals surface area (Å²) in [6.45, 7) is 3.01. The average molecular weight is 292 g/mol. The lowest BCUT2D eigenvalue weighted by Crippen LogP contribution is -2.36. The zero-order chi connectivity index (χ0) is 14.5. The van der Waals surface area contributed by atoms with Gasteiger partial charge in [0.15, 0.2) is 0 Å². The SMILES string of the molecule is CSCCC(C)N(C)C(=O)CC1CNc2ccccc21. The van der Waals surface area contributed by atoms with E-state index in [0.29, 0.717) is 18.4 Å². The summed E-state index contributed by atoms with van der Waals surface area (Å²) in [6, 6.07) is 8.62. The van der Waals surface area contributed by atoms with Gasteiger partial charge in [-0.1, -0.05) is 18.2 Å². The van der Waals surface area contributed by atoms with Crippen LogP contribution in [-0.2, 0) is 4.79 Å². The molecular formula is C16H24N2OS. The van der Waals surface area contributed by atoms with Crippen molar-refractivity contribution in [2.45, 2.75) is 31.7 Å². The van der Waals surface area contributed by atoms with Crippen LogP contribution in [0.3, 0.4) is 0 Å². The molecule has 110 valence electrons. The summed E-state index contributed by atoms with van der Waals surface area (Å²) in [6.07, 6.45) is 3.77. The van der Waals surface area contributed by atoms with Crippen molar-refractivity contribution >= 4 is 23.4 Å². The maximum Gasteiger partial charge on any atom is 0.223 e.